The van der Waals surface area contributed by atoms with E-state index in [4.69, 9.17) is 5.73 Å². The van der Waals surface area contributed by atoms with Gasteiger partial charge in [-0.15, -0.1) is 11.3 Å². The number of nitrogens with two attached hydrogens (primary N) is 1. The van der Waals surface area contributed by atoms with Crippen molar-refractivity contribution in [2.24, 2.45) is 12.8 Å². The van der Waals surface area contributed by atoms with Crippen molar-refractivity contribution in [1.82, 2.24) is 14.5 Å². The predicted molar refractivity (Wildman–Crippen MR) is 87.6 cm³/mol. The first-order valence-electron chi connectivity index (χ1n) is 7.21. The number of rotatable bonds is 4. The van der Waals surface area contributed by atoms with Crippen LogP contribution in [0.3, 0.4) is 0 Å². The quantitative estimate of drug-likeness (QED) is 0.804. The summed E-state index contributed by atoms with van der Waals surface area (Å²) >= 11 is 1.70. The fraction of sp³-hybridized carbons (Fsp3) is 0.375. The maximum absolute atomic E-state index is 5.67. The van der Waals surface area contributed by atoms with Crippen LogP contribution in [0.25, 0.3) is 11.0 Å². The summed E-state index contributed by atoms with van der Waals surface area (Å²) in [7, 11) is 2.05. The second kappa shape index (κ2) is 5.58. The fourth-order valence-corrected chi connectivity index (χ4v) is 3.73. The molecule has 2 heterocycles. The average molecular weight is 300 g/mol. The topological polar surface area (TPSA) is 56.7 Å². The summed E-state index contributed by atoms with van der Waals surface area (Å²) in [5.74, 6) is 1.36. The Kier molecular flexibility index (Phi) is 3.78. The van der Waals surface area contributed by atoms with E-state index >= 15 is 0 Å². The molecule has 0 radical (unpaired) electrons. The van der Waals surface area contributed by atoms with Gasteiger partial charge in [-0.2, -0.15) is 0 Å². The van der Waals surface area contributed by atoms with Gasteiger partial charge in [-0.1, -0.05) is 13.0 Å². The van der Waals surface area contributed by atoms with Gasteiger partial charge in [0.15, 0.2) is 0 Å². The highest BCUT2D eigenvalue weighted by molar-refractivity contribution is 7.09. The zero-order valence-electron chi connectivity index (χ0n) is 12.6. The Bertz CT molecular complexity index is 772. The van der Waals surface area contributed by atoms with E-state index in [1.54, 1.807) is 11.3 Å². The molecule has 1 aromatic carbocycles. The molecular formula is C16H20N4S. The van der Waals surface area contributed by atoms with Gasteiger partial charge in [0, 0.05) is 24.9 Å². The third-order valence-electron chi connectivity index (χ3n) is 4.02. The third kappa shape index (κ3) is 2.47. The van der Waals surface area contributed by atoms with Crippen molar-refractivity contribution < 1.29 is 0 Å². The first-order valence-corrected chi connectivity index (χ1v) is 8.09. The van der Waals surface area contributed by atoms with Gasteiger partial charge in [-0.25, -0.2) is 9.97 Å². The first-order chi connectivity index (χ1) is 10.1. The Balaban J connectivity index is 2.04. The lowest BCUT2D eigenvalue weighted by Gasteiger charge is -2.12. The van der Waals surface area contributed by atoms with Crippen LogP contribution in [0.15, 0.2) is 23.6 Å². The molecule has 3 aromatic rings. The van der Waals surface area contributed by atoms with Gasteiger partial charge in [0.2, 0.25) is 0 Å². The van der Waals surface area contributed by atoms with Crippen LogP contribution in [0, 0.1) is 6.92 Å². The molecule has 0 saturated heterocycles. The molecule has 4 nitrogen and oxygen atoms in total. The number of imidazole rings is 1. The maximum atomic E-state index is 5.67. The molecule has 0 aliphatic rings. The van der Waals surface area contributed by atoms with E-state index in [2.05, 4.69) is 52.1 Å². The van der Waals surface area contributed by atoms with E-state index in [9.17, 15) is 0 Å². The molecule has 2 aromatic heterocycles. The maximum Gasteiger partial charge on any atom is 0.106 e. The average Bonchev–Trinajstić information content (AvgIpc) is 3.06. The number of benzene rings is 1. The van der Waals surface area contributed by atoms with Crippen molar-refractivity contribution in [2.75, 3.05) is 0 Å². The molecule has 0 fully saturated rings. The number of aryl methyl sites for hydroxylation is 2. The van der Waals surface area contributed by atoms with E-state index < -0.39 is 0 Å². The molecule has 110 valence electrons. The number of fused-ring (bicyclic) bond motifs is 1. The van der Waals surface area contributed by atoms with Gasteiger partial charge in [-0.3, -0.25) is 0 Å². The van der Waals surface area contributed by atoms with Crippen LogP contribution < -0.4 is 5.73 Å². The molecule has 1 atom stereocenters. The molecule has 21 heavy (non-hydrogen) atoms. The summed E-state index contributed by atoms with van der Waals surface area (Å²) in [6.45, 7) is 4.73. The summed E-state index contributed by atoms with van der Waals surface area (Å²) < 4.78 is 2.12. The Morgan fingerprint density at radius 3 is 2.81 bits per heavy atom. The minimum absolute atomic E-state index is 0.321. The second-order valence-corrected chi connectivity index (χ2v) is 6.20. The van der Waals surface area contributed by atoms with Gasteiger partial charge in [0.05, 0.1) is 16.7 Å². The van der Waals surface area contributed by atoms with E-state index in [1.807, 2.05) is 6.92 Å². The molecule has 3 rings (SSSR count). The summed E-state index contributed by atoms with van der Waals surface area (Å²) in [5, 5.41) is 3.20. The van der Waals surface area contributed by atoms with E-state index in [0.29, 0.717) is 12.5 Å². The SMILES string of the molecule is CCC(c1ccc2c(c1)nc(C)n2C)c1nc(CN)cs1. The van der Waals surface area contributed by atoms with Crippen LogP contribution in [-0.2, 0) is 13.6 Å². The second-order valence-electron chi connectivity index (χ2n) is 5.31. The summed E-state index contributed by atoms with van der Waals surface area (Å²) in [5.41, 5.74) is 10.2. The molecule has 0 bridgehead atoms. The van der Waals surface area contributed by atoms with Crippen LogP contribution in [0.5, 0.6) is 0 Å². The normalized spacial score (nSPS) is 13.0. The minimum atomic E-state index is 0.321. The molecule has 5 heteroatoms. The number of nitrogens with zero attached hydrogens (tertiary/aromatic N) is 3. The number of hydrogen-bond acceptors (Lipinski definition) is 4. The van der Waals surface area contributed by atoms with Crippen molar-refractivity contribution in [3.05, 3.63) is 45.7 Å². The van der Waals surface area contributed by atoms with Gasteiger partial charge in [0.25, 0.3) is 0 Å². The van der Waals surface area contributed by atoms with Crippen molar-refractivity contribution in [3.8, 4) is 0 Å². The Labute approximate surface area is 128 Å². The van der Waals surface area contributed by atoms with Gasteiger partial charge >= 0.3 is 0 Å². The van der Waals surface area contributed by atoms with Crippen LogP contribution in [0.2, 0.25) is 0 Å². The summed E-state index contributed by atoms with van der Waals surface area (Å²) in [6.07, 6.45) is 1.02. The molecule has 0 aliphatic heterocycles. The lowest BCUT2D eigenvalue weighted by atomic mass is 9.97. The standard InChI is InChI=1S/C16H20N4S/c1-4-13(16-19-12(8-17)9-21-16)11-5-6-15-14(7-11)18-10(2)20(15)3/h5-7,9,13H,4,8,17H2,1-3H3. The lowest BCUT2D eigenvalue weighted by molar-refractivity contribution is 0.763. The zero-order valence-corrected chi connectivity index (χ0v) is 13.4. The molecule has 0 amide bonds. The Hall–Kier alpha value is -1.72. The van der Waals surface area contributed by atoms with Crippen molar-refractivity contribution in [1.29, 1.82) is 0 Å². The van der Waals surface area contributed by atoms with E-state index in [0.717, 1.165) is 28.5 Å². The van der Waals surface area contributed by atoms with Gasteiger partial charge in [-0.05, 0) is 31.0 Å². The van der Waals surface area contributed by atoms with Gasteiger partial charge < -0.3 is 10.3 Å². The van der Waals surface area contributed by atoms with Crippen LogP contribution >= 0.6 is 11.3 Å². The van der Waals surface area contributed by atoms with E-state index in [1.165, 1.54) is 11.1 Å². The van der Waals surface area contributed by atoms with Crippen molar-refractivity contribution >= 4 is 22.4 Å². The smallest absolute Gasteiger partial charge is 0.106 e. The molecule has 0 saturated carbocycles. The highest BCUT2D eigenvalue weighted by Crippen LogP contribution is 2.32. The highest BCUT2D eigenvalue weighted by atomic mass is 32.1. The van der Waals surface area contributed by atoms with Crippen molar-refractivity contribution in [2.45, 2.75) is 32.7 Å². The van der Waals surface area contributed by atoms with Gasteiger partial charge in [0.1, 0.15) is 10.8 Å². The highest BCUT2D eigenvalue weighted by Gasteiger charge is 2.17. The third-order valence-corrected chi connectivity index (χ3v) is 5.02. The number of hydrogen-bond donors (Lipinski definition) is 1. The fourth-order valence-electron chi connectivity index (χ4n) is 2.68. The predicted octanol–water partition coefficient (Wildman–Crippen LogP) is 3.34. The van der Waals surface area contributed by atoms with E-state index in [-0.39, 0.29) is 0 Å². The van der Waals surface area contributed by atoms with Crippen LogP contribution in [0.4, 0.5) is 0 Å². The molecule has 0 aliphatic carbocycles. The molecular weight excluding hydrogens is 280 g/mol. The number of aromatic nitrogens is 3. The van der Waals surface area contributed by atoms with Crippen molar-refractivity contribution in [3.63, 3.8) is 0 Å². The molecule has 2 N–H and O–H groups in total. The largest absolute Gasteiger partial charge is 0.331 e. The number of thiazole rings is 1. The lowest BCUT2D eigenvalue weighted by Crippen LogP contribution is -2.01. The monoisotopic (exact) mass is 300 g/mol. The molecule has 1 unspecified atom stereocenters. The van der Waals surface area contributed by atoms with Crippen LogP contribution in [0.1, 0.15) is 41.4 Å². The minimum Gasteiger partial charge on any atom is -0.331 e. The summed E-state index contributed by atoms with van der Waals surface area (Å²) in [4.78, 5) is 9.28. The zero-order chi connectivity index (χ0) is 15.0. The molecule has 0 spiro atoms. The Morgan fingerprint density at radius 1 is 1.33 bits per heavy atom. The Morgan fingerprint density at radius 2 is 2.14 bits per heavy atom. The van der Waals surface area contributed by atoms with Crippen LogP contribution in [-0.4, -0.2) is 14.5 Å². The first kappa shape index (κ1) is 14.2. The summed E-state index contributed by atoms with van der Waals surface area (Å²) in [6, 6.07) is 6.55.